The van der Waals surface area contributed by atoms with Crippen LogP contribution in [0.15, 0.2) is 47.1 Å². The van der Waals surface area contributed by atoms with E-state index in [0.29, 0.717) is 21.7 Å². The van der Waals surface area contributed by atoms with Crippen LogP contribution in [0.1, 0.15) is 27.0 Å². The second-order valence-electron chi connectivity index (χ2n) is 6.00. The van der Waals surface area contributed by atoms with Gasteiger partial charge in [-0.2, -0.15) is 8.78 Å². The number of amides is 1. The second-order valence-corrected chi connectivity index (χ2v) is 9.50. The quantitative estimate of drug-likeness (QED) is 0.378. The lowest BCUT2D eigenvalue weighted by atomic mass is 10.1. The number of aromatic nitrogens is 1. The summed E-state index contributed by atoms with van der Waals surface area (Å²) in [5, 5.41) is 12.4. The van der Waals surface area contributed by atoms with Gasteiger partial charge in [0, 0.05) is 26.3 Å². The zero-order valence-electron chi connectivity index (χ0n) is 14.4. The summed E-state index contributed by atoms with van der Waals surface area (Å²) in [6.07, 6.45) is 1.52. The largest absolute Gasteiger partial charge is 0.400 e. The SMILES string of the molecule is O=C(NC(CO)c1ccccn1)c1ccc2sc(C(F)(F)P(=O)(O)O)c(Br)c2c1. The molecule has 0 bridgehead atoms. The van der Waals surface area contributed by atoms with Crippen molar-refractivity contribution < 1.29 is 33.0 Å². The summed E-state index contributed by atoms with van der Waals surface area (Å²) in [6, 6.07) is 8.40. The highest BCUT2D eigenvalue weighted by Gasteiger charge is 2.53. The van der Waals surface area contributed by atoms with E-state index in [4.69, 9.17) is 9.79 Å². The molecule has 12 heteroatoms. The number of halogens is 3. The molecule has 3 aromatic rings. The van der Waals surface area contributed by atoms with E-state index in [0.717, 1.165) is 0 Å². The molecule has 154 valence electrons. The molecule has 0 aliphatic heterocycles. The van der Waals surface area contributed by atoms with Crippen LogP contribution in [0.4, 0.5) is 8.78 Å². The Morgan fingerprint density at radius 3 is 2.62 bits per heavy atom. The number of thiophene rings is 1. The lowest BCUT2D eigenvalue weighted by Gasteiger charge is -2.16. The van der Waals surface area contributed by atoms with Gasteiger partial charge in [0.25, 0.3) is 5.91 Å². The topological polar surface area (TPSA) is 120 Å². The fourth-order valence-corrected chi connectivity index (χ4v) is 5.49. The van der Waals surface area contributed by atoms with E-state index < -0.39 is 36.7 Å². The van der Waals surface area contributed by atoms with Crippen molar-refractivity contribution in [1.82, 2.24) is 10.3 Å². The molecule has 1 unspecified atom stereocenters. The molecule has 0 radical (unpaired) electrons. The Morgan fingerprint density at radius 2 is 2.03 bits per heavy atom. The summed E-state index contributed by atoms with van der Waals surface area (Å²) in [5.74, 6) is -0.571. The molecule has 0 saturated carbocycles. The van der Waals surface area contributed by atoms with Gasteiger partial charge >= 0.3 is 13.3 Å². The summed E-state index contributed by atoms with van der Waals surface area (Å²) in [4.78, 5) is 33.8. The molecule has 0 spiro atoms. The third-order valence-corrected chi connectivity index (χ3v) is 7.49. The first-order valence-corrected chi connectivity index (χ1v) is 11.3. The number of fused-ring (bicyclic) bond motifs is 1. The standard InChI is InChI=1S/C17H14BrF2N2O5PS/c18-14-10-7-9(16(24)22-12(8-23)11-3-1-2-6-21-11)4-5-13(10)29-15(14)17(19,20)28(25,26)27/h1-7,12,23H,8H2,(H,22,24)(H2,25,26,27). The minimum atomic E-state index is -5.73. The zero-order valence-corrected chi connectivity index (χ0v) is 17.7. The van der Waals surface area contributed by atoms with Gasteiger partial charge in [0.05, 0.1) is 18.3 Å². The Hall–Kier alpha value is -1.75. The normalized spacial score (nSPS) is 13.4. The monoisotopic (exact) mass is 506 g/mol. The van der Waals surface area contributed by atoms with Gasteiger partial charge in [-0.3, -0.25) is 14.3 Å². The maximum absolute atomic E-state index is 14.1. The summed E-state index contributed by atoms with van der Waals surface area (Å²) < 4.78 is 39.6. The highest BCUT2D eigenvalue weighted by atomic mass is 79.9. The van der Waals surface area contributed by atoms with Crippen LogP contribution in [0.5, 0.6) is 0 Å². The van der Waals surface area contributed by atoms with Crippen molar-refractivity contribution in [2.24, 2.45) is 0 Å². The first-order valence-electron chi connectivity index (χ1n) is 8.05. The van der Waals surface area contributed by atoms with Gasteiger partial charge in [0.2, 0.25) is 0 Å². The van der Waals surface area contributed by atoms with Crippen LogP contribution >= 0.6 is 34.9 Å². The summed E-state index contributed by atoms with van der Waals surface area (Å²) >= 11 is 3.49. The molecule has 1 aromatic carbocycles. The number of aliphatic hydroxyl groups excluding tert-OH is 1. The van der Waals surface area contributed by atoms with Crippen LogP contribution in [0.3, 0.4) is 0 Å². The Bertz CT molecular complexity index is 1110. The number of rotatable bonds is 6. The van der Waals surface area contributed by atoms with Crippen molar-refractivity contribution in [3.63, 3.8) is 0 Å². The number of aliphatic hydroxyl groups is 1. The van der Waals surface area contributed by atoms with E-state index in [1.54, 1.807) is 18.2 Å². The molecule has 0 saturated heterocycles. The van der Waals surface area contributed by atoms with Crippen LogP contribution in [0, 0.1) is 0 Å². The predicted molar refractivity (Wildman–Crippen MR) is 107 cm³/mol. The lowest BCUT2D eigenvalue weighted by molar-refractivity contribution is 0.0595. The molecule has 2 heterocycles. The maximum atomic E-state index is 14.1. The number of carbonyl (C=O) groups is 1. The minimum absolute atomic E-state index is 0.122. The van der Waals surface area contributed by atoms with E-state index in [1.807, 2.05) is 0 Å². The smallest absolute Gasteiger partial charge is 0.394 e. The van der Waals surface area contributed by atoms with Crippen molar-refractivity contribution in [2.45, 2.75) is 11.7 Å². The molecule has 3 rings (SSSR count). The van der Waals surface area contributed by atoms with Crippen molar-refractivity contribution >= 4 is 50.9 Å². The van der Waals surface area contributed by atoms with Gasteiger partial charge in [-0.25, -0.2) is 0 Å². The number of benzene rings is 1. The van der Waals surface area contributed by atoms with Gasteiger partial charge in [-0.15, -0.1) is 11.3 Å². The lowest BCUT2D eigenvalue weighted by Crippen LogP contribution is -2.31. The summed E-state index contributed by atoms with van der Waals surface area (Å²) in [6.45, 7) is -0.397. The number of nitrogens with one attached hydrogen (secondary N) is 1. The molecule has 0 aliphatic carbocycles. The van der Waals surface area contributed by atoms with Gasteiger partial charge in [0.15, 0.2) is 0 Å². The molecule has 0 fully saturated rings. The van der Waals surface area contributed by atoms with Gasteiger partial charge in [-0.1, -0.05) is 6.07 Å². The van der Waals surface area contributed by atoms with Crippen molar-refractivity contribution in [3.05, 3.63) is 63.2 Å². The second kappa shape index (κ2) is 8.17. The van der Waals surface area contributed by atoms with Crippen molar-refractivity contribution in [3.8, 4) is 0 Å². The Kier molecular flexibility index (Phi) is 6.19. The minimum Gasteiger partial charge on any atom is -0.394 e. The first kappa shape index (κ1) is 21.9. The van der Waals surface area contributed by atoms with Crippen LogP contribution in [-0.2, 0) is 10.2 Å². The number of hydrogen-bond donors (Lipinski definition) is 4. The third-order valence-electron chi connectivity index (χ3n) is 4.06. The number of nitrogens with zero attached hydrogens (tertiary/aromatic N) is 1. The predicted octanol–water partition coefficient (Wildman–Crippen LogP) is 3.75. The molecule has 1 amide bonds. The van der Waals surface area contributed by atoms with E-state index >= 15 is 0 Å². The number of hydrogen-bond acceptors (Lipinski definition) is 5. The highest BCUT2D eigenvalue weighted by Crippen LogP contribution is 2.62. The molecule has 29 heavy (non-hydrogen) atoms. The number of carbonyl (C=O) groups excluding carboxylic acids is 1. The molecule has 0 aliphatic rings. The van der Waals surface area contributed by atoms with E-state index in [2.05, 4.69) is 26.2 Å². The van der Waals surface area contributed by atoms with E-state index in [9.17, 15) is 23.2 Å². The highest BCUT2D eigenvalue weighted by molar-refractivity contribution is 9.10. The molecule has 4 N–H and O–H groups in total. The summed E-state index contributed by atoms with van der Waals surface area (Å²) in [7, 11) is -5.73. The maximum Gasteiger partial charge on any atom is 0.400 e. The molecular weight excluding hydrogens is 493 g/mol. The Morgan fingerprint density at radius 1 is 1.31 bits per heavy atom. The van der Waals surface area contributed by atoms with E-state index in [1.165, 1.54) is 24.4 Å². The average Bonchev–Trinajstić information content (AvgIpc) is 3.02. The third kappa shape index (κ3) is 4.25. The van der Waals surface area contributed by atoms with Crippen LogP contribution in [-0.4, -0.2) is 32.4 Å². The molecule has 2 aromatic heterocycles. The fourth-order valence-electron chi connectivity index (χ4n) is 2.57. The first-order chi connectivity index (χ1) is 13.6. The van der Waals surface area contributed by atoms with Gasteiger partial charge in [0.1, 0.15) is 4.88 Å². The van der Waals surface area contributed by atoms with Gasteiger partial charge in [-0.05, 0) is 46.3 Å². The Labute approximate surface area is 175 Å². The Balaban J connectivity index is 1.94. The number of alkyl halides is 2. The summed E-state index contributed by atoms with van der Waals surface area (Å²) in [5.41, 5.74) is -3.79. The molecular formula is C17H14BrF2N2O5PS. The van der Waals surface area contributed by atoms with Crippen LogP contribution < -0.4 is 5.32 Å². The fraction of sp³-hybridized carbons (Fsp3) is 0.176. The zero-order chi connectivity index (χ0) is 21.4. The molecule has 7 nitrogen and oxygen atoms in total. The molecule has 1 atom stereocenters. The number of pyridine rings is 1. The van der Waals surface area contributed by atoms with Gasteiger partial charge < -0.3 is 20.2 Å². The average molecular weight is 507 g/mol. The van der Waals surface area contributed by atoms with Crippen molar-refractivity contribution in [1.29, 1.82) is 0 Å². The van der Waals surface area contributed by atoms with Crippen molar-refractivity contribution in [2.75, 3.05) is 6.61 Å². The van der Waals surface area contributed by atoms with Crippen LogP contribution in [0.25, 0.3) is 10.1 Å². The van der Waals surface area contributed by atoms with E-state index in [-0.39, 0.29) is 15.4 Å². The van der Waals surface area contributed by atoms with Crippen LogP contribution in [0.2, 0.25) is 0 Å².